The predicted molar refractivity (Wildman–Crippen MR) is 57.1 cm³/mol. The first-order valence-corrected chi connectivity index (χ1v) is 5.23. The molecule has 0 heterocycles. The van der Waals surface area contributed by atoms with E-state index in [1.807, 2.05) is 0 Å². The van der Waals surface area contributed by atoms with E-state index in [0.29, 0.717) is 6.04 Å². The maximum atomic E-state index is 5.20. The molecule has 3 heteroatoms. The number of nitrogens with one attached hydrogen (secondary N) is 1. The van der Waals surface area contributed by atoms with Gasteiger partial charge in [0.15, 0.2) is 0 Å². The largest absolute Gasteiger partial charge is 0.383 e. The lowest BCUT2D eigenvalue weighted by Crippen LogP contribution is -2.45. The highest BCUT2D eigenvalue weighted by molar-refractivity contribution is 4.71. The van der Waals surface area contributed by atoms with E-state index in [-0.39, 0.29) is 0 Å². The predicted octanol–water partition coefficient (Wildman–Crippen LogP) is 0.953. The van der Waals surface area contributed by atoms with Gasteiger partial charge in [-0.15, -0.1) is 0 Å². The van der Waals surface area contributed by atoms with Gasteiger partial charge in [0.25, 0.3) is 0 Å². The Hall–Kier alpha value is -0.120. The number of methoxy groups -OCH3 is 1. The van der Waals surface area contributed by atoms with E-state index in [2.05, 4.69) is 31.0 Å². The van der Waals surface area contributed by atoms with Gasteiger partial charge in [-0.2, -0.15) is 0 Å². The van der Waals surface area contributed by atoms with Crippen LogP contribution in [0.3, 0.4) is 0 Å². The molecule has 0 aromatic heterocycles. The van der Waals surface area contributed by atoms with Crippen molar-refractivity contribution in [3.63, 3.8) is 0 Å². The number of hydrogen-bond acceptors (Lipinski definition) is 3. The lowest BCUT2D eigenvalue weighted by Gasteiger charge is -2.29. The normalized spacial score (nSPS) is 13.6. The van der Waals surface area contributed by atoms with Crippen molar-refractivity contribution in [3.05, 3.63) is 0 Å². The maximum Gasteiger partial charge on any atom is 0.0630 e. The number of ether oxygens (including phenoxy) is 1. The summed E-state index contributed by atoms with van der Waals surface area (Å²) in [5.41, 5.74) is 0. The Balaban J connectivity index is 3.88. The van der Waals surface area contributed by atoms with Crippen molar-refractivity contribution in [1.82, 2.24) is 10.2 Å². The molecule has 13 heavy (non-hydrogen) atoms. The zero-order valence-electron chi connectivity index (χ0n) is 9.47. The molecule has 0 fully saturated rings. The van der Waals surface area contributed by atoms with E-state index in [4.69, 9.17) is 4.74 Å². The Bertz CT molecular complexity index is 105. The second-order valence-electron chi connectivity index (χ2n) is 3.14. The zero-order chi connectivity index (χ0) is 10.1. The van der Waals surface area contributed by atoms with E-state index >= 15 is 0 Å². The van der Waals surface area contributed by atoms with Crippen LogP contribution in [0.25, 0.3) is 0 Å². The molecule has 0 rings (SSSR count). The van der Waals surface area contributed by atoms with Gasteiger partial charge in [0.1, 0.15) is 0 Å². The number of rotatable bonds is 8. The van der Waals surface area contributed by atoms with Crippen LogP contribution < -0.4 is 5.32 Å². The topological polar surface area (TPSA) is 24.5 Å². The Labute approximate surface area is 82.4 Å². The van der Waals surface area contributed by atoms with Gasteiger partial charge in [-0.05, 0) is 19.6 Å². The highest BCUT2D eigenvalue weighted by Crippen LogP contribution is 1.98. The molecule has 0 bridgehead atoms. The molecule has 0 saturated carbocycles. The van der Waals surface area contributed by atoms with Gasteiger partial charge in [-0.3, -0.25) is 4.90 Å². The van der Waals surface area contributed by atoms with E-state index in [1.54, 1.807) is 7.11 Å². The van der Waals surface area contributed by atoms with E-state index in [1.165, 1.54) is 0 Å². The van der Waals surface area contributed by atoms with Crippen molar-refractivity contribution >= 4 is 0 Å². The van der Waals surface area contributed by atoms with Crippen LogP contribution >= 0.6 is 0 Å². The first kappa shape index (κ1) is 12.9. The zero-order valence-corrected chi connectivity index (χ0v) is 9.47. The summed E-state index contributed by atoms with van der Waals surface area (Å²) >= 11 is 0. The third-order valence-electron chi connectivity index (χ3n) is 2.32. The summed E-state index contributed by atoms with van der Waals surface area (Å²) in [6.45, 7) is 11.6. The molecule has 1 atom stereocenters. The summed E-state index contributed by atoms with van der Waals surface area (Å²) in [5.74, 6) is 0. The molecule has 0 radical (unpaired) electrons. The van der Waals surface area contributed by atoms with Gasteiger partial charge >= 0.3 is 0 Å². The summed E-state index contributed by atoms with van der Waals surface area (Å²) < 4.78 is 5.20. The molecule has 1 N–H and O–H groups in total. The van der Waals surface area contributed by atoms with Crippen molar-refractivity contribution in [2.24, 2.45) is 0 Å². The van der Waals surface area contributed by atoms with Crippen LogP contribution in [0.15, 0.2) is 0 Å². The van der Waals surface area contributed by atoms with Gasteiger partial charge in [0, 0.05) is 19.7 Å². The molecule has 0 aromatic carbocycles. The van der Waals surface area contributed by atoms with Crippen LogP contribution in [0.5, 0.6) is 0 Å². The summed E-state index contributed by atoms with van der Waals surface area (Å²) in [6, 6.07) is 0.514. The number of hydrogen-bond donors (Lipinski definition) is 1. The fourth-order valence-corrected chi connectivity index (χ4v) is 1.54. The summed E-state index contributed by atoms with van der Waals surface area (Å²) in [4.78, 5) is 2.42. The molecule has 1 unspecified atom stereocenters. The minimum absolute atomic E-state index is 0.514. The molecule has 80 valence electrons. The molecule has 0 aromatic rings. The van der Waals surface area contributed by atoms with Gasteiger partial charge in [-0.25, -0.2) is 0 Å². The maximum absolute atomic E-state index is 5.20. The van der Waals surface area contributed by atoms with Crippen molar-refractivity contribution in [1.29, 1.82) is 0 Å². The Morgan fingerprint density at radius 1 is 1.23 bits per heavy atom. The van der Waals surface area contributed by atoms with Crippen LogP contribution in [0, 0.1) is 0 Å². The Morgan fingerprint density at radius 2 is 1.85 bits per heavy atom. The van der Waals surface area contributed by atoms with Crippen molar-refractivity contribution in [2.45, 2.75) is 26.8 Å². The first-order chi connectivity index (χ1) is 6.29. The highest BCUT2D eigenvalue weighted by Gasteiger charge is 2.13. The first-order valence-electron chi connectivity index (χ1n) is 5.23. The number of likely N-dealkylation sites (N-methyl/N-ethyl adjacent to an activating group) is 2. The average Bonchev–Trinajstić information content (AvgIpc) is 2.16. The van der Waals surface area contributed by atoms with Crippen LogP contribution in [0.4, 0.5) is 0 Å². The second kappa shape index (κ2) is 8.48. The standard InChI is InChI=1S/C10H24N2O/c1-5-11-8-10(9-13-4)12(6-2)7-3/h10-11H,5-9H2,1-4H3. The van der Waals surface area contributed by atoms with Crippen molar-refractivity contribution in [2.75, 3.05) is 39.9 Å². The lowest BCUT2D eigenvalue weighted by molar-refractivity contribution is 0.0961. The SMILES string of the molecule is CCNCC(COC)N(CC)CC. The molecule has 0 spiro atoms. The van der Waals surface area contributed by atoms with Crippen LogP contribution in [-0.4, -0.2) is 50.8 Å². The summed E-state index contributed by atoms with van der Waals surface area (Å²) in [6.07, 6.45) is 0. The Kier molecular flexibility index (Phi) is 8.40. The minimum atomic E-state index is 0.514. The fourth-order valence-electron chi connectivity index (χ4n) is 1.54. The molecule has 0 amide bonds. The monoisotopic (exact) mass is 188 g/mol. The van der Waals surface area contributed by atoms with E-state index in [0.717, 1.165) is 32.8 Å². The minimum Gasteiger partial charge on any atom is -0.383 e. The average molecular weight is 188 g/mol. The number of nitrogens with zero attached hydrogens (tertiary/aromatic N) is 1. The smallest absolute Gasteiger partial charge is 0.0630 e. The third-order valence-corrected chi connectivity index (χ3v) is 2.32. The molecule has 0 saturated heterocycles. The Morgan fingerprint density at radius 3 is 2.23 bits per heavy atom. The van der Waals surface area contributed by atoms with Gasteiger partial charge in [0.2, 0.25) is 0 Å². The van der Waals surface area contributed by atoms with Gasteiger partial charge < -0.3 is 10.1 Å². The molecular formula is C10H24N2O. The van der Waals surface area contributed by atoms with Crippen molar-refractivity contribution in [3.8, 4) is 0 Å². The third kappa shape index (κ3) is 5.24. The highest BCUT2D eigenvalue weighted by atomic mass is 16.5. The molecule has 0 aliphatic rings. The van der Waals surface area contributed by atoms with Gasteiger partial charge in [0.05, 0.1) is 6.61 Å². The fraction of sp³-hybridized carbons (Fsp3) is 1.00. The second-order valence-corrected chi connectivity index (χ2v) is 3.14. The molecule has 0 aliphatic heterocycles. The van der Waals surface area contributed by atoms with Crippen LogP contribution in [0.2, 0.25) is 0 Å². The lowest BCUT2D eigenvalue weighted by atomic mass is 10.2. The summed E-state index contributed by atoms with van der Waals surface area (Å²) in [5, 5.41) is 3.36. The van der Waals surface area contributed by atoms with E-state index < -0.39 is 0 Å². The molecular weight excluding hydrogens is 164 g/mol. The van der Waals surface area contributed by atoms with Crippen molar-refractivity contribution < 1.29 is 4.74 Å². The summed E-state index contributed by atoms with van der Waals surface area (Å²) in [7, 11) is 1.77. The van der Waals surface area contributed by atoms with Gasteiger partial charge in [-0.1, -0.05) is 20.8 Å². The quantitative estimate of drug-likeness (QED) is 0.614. The van der Waals surface area contributed by atoms with Crippen LogP contribution in [0.1, 0.15) is 20.8 Å². The van der Waals surface area contributed by atoms with E-state index in [9.17, 15) is 0 Å². The van der Waals surface area contributed by atoms with Crippen LogP contribution in [-0.2, 0) is 4.74 Å². The molecule has 0 aliphatic carbocycles. The molecule has 3 nitrogen and oxygen atoms in total.